The highest BCUT2D eigenvalue weighted by Crippen LogP contribution is 2.23. The molecule has 0 unspecified atom stereocenters. The third kappa shape index (κ3) is 5.09. The van der Waals surface area contributed by atoms with E-state index in [-0.39, 0.29) is 12.0 Å². The minimum absolute atomic E-state index is 0.00204. The molecule has 146 valence electrons. The van der Waals surface area contributed by atoms with Gasteiger partial charge in [-0.15, -0.1) is 0 Å². The second kappa shape index (κ2) is 8.00. The molecule has 0 radical (unpaired) electrons. The van der Waals surface area contributed by atoms with Crippen molar-refractivity contribution in [1.29, 1.82) is 0 Å². The zero-order valence-corrected chi connectivity index (χ0v) is 17.1. The maximum atomic E-state index is 12.5. The van der Waals surface area contributed by atoms with Crippen molar-refractivity contribution in [3.05, 3.63) is 59.7 Å². The van der Waals surface area contributed by atoms with E-state index in [0.717, 1.165) is 43.1 Å². The molecule has 0 aliphatic carbocycles. The minimum Gasteiger partial charge on any atom is -0.378 e. The summed E-state index contributed by atoms with van der Waals surface area (Å²) in [7, 11) is -3.53. The number of nitrogens with one attached hydrogen (secondary N) is 1. The average molecular weight is 389 g/mol. The van der Waals surface area contributed by atoms with Crippen LogP contribution in [-0.2, 0) is 26.7 Å². The van der Waals surface area contributed by atoms with Crippen LogP contribution in [0.25, 0.3) is 0 Å². The zero-order chi connectivity index (χ0) is 19.5. The second-order valence-electron chi connectivity index (χ2n) is 7.86. The van der Waals surface area contributed by atoms with E-state index in [2.05, 4.69) is 30.4 Å². The van der Waals surface area contributed by atoms with Crippen LogP contribution in [0, 0.1) is 0 Å². The van der Waals surface area contributed by atoms with Gasteiger partial charge in [-0.05, 0) is 40.8 Å². The van der Waals surface area contributed by atoms with Crippen molar-refractivity contribution in [2.45, 2.75) is 37.6 Å². The lowest BCUT2D eigenvalue weighted by atomic mass is 9.87. The number of morpholine rings is 1. The number of ether oxygens (including phenoxy) is 1. The highest BCUT2D eigenvalue weighted by Gasteiger charge is 2.17. The Balaban J connectivity index is 1.63. The Morgan fingerprint density at radius 2 is 1.56 bits per heavy atom. The number of hydrogen-bond acceptors (Lipinski definition) is 4. The Bertz CT molecular complexity index is 848. The molecule has 0 aromatic heterocycles. The van der Waals surface area contributed by atoms with E-state index < -0.39 is 10.0 Å². The van der Waals surface area contributed by atoms with Crippen LogP contribution in [0.4, 0.5) is 5.69 Å². The zero-order valence-electron chi connectivity index (χ0n) is 16.2. The summed E-state index contributed by atoms with van der Waals surface area (Å²) in [6.45, 7) is 9.85. The molecular weight excluding hydrogens is 360 g/mol. The standard InChI is InChI=1S/C21H28N2O3S/c1-21(2,3)18-6-10-20(11-7-18)27(24,25)22-16-17-4-8-19(9-5-17)23-12-14-26-15-13-23/h4-11,22H,12-16H2,1-3H3. The van der Waals surface area contributed by atoms with Gasteiger partial charge in [0.15, 0.2) is 0 Å². The molecule has 3 rings (SSSR count). The number of nitrogens with zero attached hydrogens (tertiary/aromatic N) is 1. The maximum absolute atomic E-state index is 12.5. The molecular formula is C21H28N2O3S. The van der Waals surface area contributed by atoms with Crippen molar-refractivity contribution in [3.8, 4) is 0 Å². The molecule has 27 heavy (non-hydrogen) atoms. The molecule has 0 saturated carbocycles. The quantitative estimate of drug-likeness (QED) is 0.854. The average Bonchev–Trinajstić information content (AvgIpc) is 2.67. The van der Waals surface area contributed by atoms with E-state index in [9.17, 15) is 8.42 Å². The van der Waals surface area contributed by atoms with Crippen LogP contribution in [-0.4, -0.2) is 34.7 Å². The normalized spacial score (nSPS) is 15.7. The third-order valence-electron chi connectivity index (χ3n) is 4.81. The lowest BCUT2D eigenvalue weighted by Gasteiger charge is -2.28. The van der Waals surface area contributed by atoms with Crippen LogP contribution in [0.3, 0.4) is 0 Å². The van der Waals surface area contributed by atoms with Crippen molar-refractivity contribution in [1.82, 2.24) is 4.72 Å². The molecule has 1 saturated heterocycles. The number of anilines is 1. The van der Waals surface area contributed by atoms with E-state index in [1.807, 2.05) is 36.4 Å². The molecule has 5 nitrogen and oxygen atoms in total. The van der Waals surface area contributed by atoms with Crippen LogP contribution in [0.5, 0.6) is 0 Å². The fraction of sp³-hybridized carbons (Fsp3) is 0.429. The number of benzene rings is 2. The molecule has 6 heteroatoms. The number of hydrogen-bond donors (Lipinski definition) is 1. The Labute approximate surface area is 162 Å². The van der Waals surface area contributed by atoms with Gasteiger partial charge < -0.3 is 9.64 Å². The van der Waals surface area contributed by atoms with Crippen molar-refractivity contribution in [2.75, 3.05) is 31.2 Å². The smallest absolute Gasteiger partial charge is 0.240 e. The van der Waals surface area contributed by atoms with Crippen LogP contribution in [0.1, 0.15) is 31.9 Å². The largest absolute Gasteiger partial charge is 0.378 e. The molecule has 0 bridgehead atoms. The summed E-state index contributed by atoms with van der Waals surface area (Å²) in [6.07, 6.45) is 0. The topological polar surface area (TPSA) is 58.6 Å². The van der Waals surface area contributed by atoms with Gasteiger partial charge in [0, 0.05) is 25.3 Å². The Kier molecular flexibility index (Phi) is 5.89. The summed E-state index contributed by atoms with van der Waals surface area (Å²) in [4.78, 5) is 2.56. The summed E-state index contributed by atoms with van der Waals surface area (Å²) in [5.41, 5.74) is 3.18. The van der Waals surface area contributed by atoms with Gasteiger partial charge >= 0.3 is 0 Å². The van der Waals surface area contributed by atoms with Crippen molar-refractivity contribution >= 4 is 15.7 Å². The van der Waals surface area contributed by atoms with Gasteiger partial charge in [0.05, 0.1) is 18.1 Å². The second-order valence-corrected chi connectivity index (χ2v) is 9.63. The first-order valence-corrected chi connectivity index (χ1v) is 10.8. The summed E-state index contributed by atoms with van der Waals surface area (Å²) < 4.78 is 33.2. The van der Waals surface area contributed by atoms with Crippen LogP contribution in [0.15, 0.2) is 53.4 Å². The fourth-order valence-electron chi connectivity index (χ4n) is 3.04. The summed E-state index contributed by atoms with van der Waals surface area (Å²) in [6, 6.07) is 15.1. The highest BCUT2D eigenvalue weighted by atomic mass is 32.2. The Morgan fingerprint density at radius 3 is 2.11 bits per heavy atom. The van der Waals surface area contributed by atoms with Gasteiger partial charge in [-0.3, -0.25) is 0 Å². The summed E-state index contributed by atoms with van der Waals surface area (Å²) in [5.74, 6) is 0. The molecule has 1 heterocycles. The molecule has 2 aromatic carbocycles. The Hall–Kier alpha value is -1.89. The van der Waals surface area contributed by atoms with Crippen molar-refractivity contribution in [2.24, 2.45) is 0 Å². The van der Waals surface area contributed by atoms with E-state index in [4.69, 9.17) is 4.74 Å². The molecule has 0 spiro atoms. The SMILES string of the molecule is CC(C)(C)c1ccc(S(=O)(=O)NCc2ccc(N3CCOCC3)cc2)cc1. The van der Waals surface area contributed by atoms with Gasteiger partial charge in [-0.25, -0.2) is 13.1 Å². The predicted molar refractivity (Wildman–Crippen MR) is 109 cm³/mol. The van der Waals surface area contributed by atoms with Gasteiger partial charge in [-0.2, -0.15) is 0 Å². The van der Waals surface area contributed by atoms with Crippen molar-refractivity contribution in [3.63, 3.8) is 0 Å². The number of sulfonamides is 1. The van der Waals surface area contributed by atoms with E-state index in [0.29, 0.717) is 4.90 Å². The maximum Gasteiger partial charge on any atom is 0.240 e. The van der Waals surface area contributed by atoms with Crippen LogP contribution in [0.2, 0.25) is 0 Å². The van der Waals surface area contributed by atoms with Gasteiger partial charge in [0.1, 0.15) is 0 Å². The van der Waals surface area contributed by atoms with E-state index in [1.165, 1.54) is 0 Å². The third-order valence-corrected chi connectivity index (χ3v) is 6.23. The van der Waals surface area contributed by atoms with E-state index >= 15 is 0 Å². The molecule has 1 aliphatic heterocycles. The van der Waals surface area contributed by atoms with Crippen LogP contribution >= 0.6 is 0 Å². The van der Waals surface area contributed by atoms with Gasteiger partial charge in [0.2, 0.25) is 10.0 Å². The van der Waals surface area contributed by atoms with Crippen LogP contribution < -0.4 is 9.62 Å². The fourth-order valence-corrected chi connectivity index (χ4v) is 4.06. The molecule has 2 aromatic rings. The van der Waals surface area contributed by atoms with Gasteiger partial charge in [0.25, 0.3) is 0 Å². The molecule has 1 N–H and O–H groups in total. The first kappa shape index (κ1) is 19.9. The summed E-state index contributed by atoms with van der Waals surface area (Å²) in [5, 5.41) is 0. The van der Waals surface area contributed by atoms with E-state index in [1.54, 1.807) is 12.1 Å². The Morgan fingerprint density at radius 1 is 0.963 bits per heavy atom. The predicted octanol–water partition coefficient (Wildman–Crippen LogP) is 3.30. The van der Waals surface area contributed by atoms with Gasteiger partial charge in [-0.1, -0.05) is 45.0 Å². The molecule has 0 atom stereocenters. The lowest BCUT2D eigenvalue weighted by molar-refractivity contribution is 0.122. The monoisotopic (exact) mass is 388 g/mol. The number of rotatable bonds is 5. The summed E-state index contributed by atoms with van der Waals surface area (Å²) >= 11 is 0. The molecule has 1 fully saturated rings. The highest BCUT2D eigenvalue weighted by molar-refractivity contribution is 7.89. The first-order chi connectivity index (χ1) is 12.8. The molecule has 0 amide bonds. The van der Waals surface area contributed by atoms with Crippen molar-refractivity contribution < 1.29 is 13.2 Å². The molecule has 1 aliphatic rings. The lowest BCUT2D eigenvalue weighted by Crippen LogP contribution is -2.36. The first-order valence-electron chi connectivity index (χ1n) is 9.27. The minimum atomic E-state index is -3.53.